The number of benzene rings is 1. The molecule has 0 aromatic heterocycles. The van der Waals surface area contributed by atoms with Gasteiger partial charge in [-0.1, -0.05) is 30.4 Å². The molecule has 0 N–H and O–H groups in total. The van der Waals surface area contributed by atoms with E-state index in [4.69, 9.17) is 0 Å². The zero-order chi connectivity index (χ0) is 21.7. The lowest BCUT2D eigenvalue weighted by Gasteiger charge is -2.33. The number of hydrogen-bond acceptors (Lipinski definition) is 3. The maximum Gasteiger partial charge on any atom is 0.416 e. The summed E-state index contributed by atoms with van der Waals surface area (Å²) in [5.41, 5.74) is 1.48. The first-order valence-corrected chi connectivity index (χ1v) is 10.6. The van der Waals surface area contributed by atoms with E-state index >= 15 is 0 Å². The van der Waals surface area contributed by atoms with Crippen molar-refractivity contribution in [1.29, 1.82) is 0 Å². The Morgan fingerprint density at radius 2 is 1.83 bits per heavy atom. The normalized spacial score (nSPS) is 20.7. The number of rotatable bonds is 2. The minimum atomic E-state index is -4.36. The molecule has 2 aliphatic heterocycles. The van der Waals surface area contributed by atoms with Gasteiger partial charge in [0.15, 0.2) is 0 Å². The van der Waals surface area contributed by atoms with Crippen LogP contribution in [-0.2, 0) is 11.0 Å². The molecule has 0 spiro atoms. The maximum absolute atomic E-state index is 13.4. The highest BCUT2D eigenvalue weighted by Gasteiger charge is 2.36. The highest BCUT2D eigenvalue weighted by Crippen LogP contribution is 2.38. The van der Waals surface area contributed by atoms with Crippen LogP contribution in [0.3, 0.4) is 0 Å². The van der Waals surface area contributed by atoms with E-state index in [9.17, 15) is 18.0 Å². The van der Waals surface area contributed by atoms with E-state index in [1.807, 2.05) is 0 Å². The molecule has 0 radical (unpaired) electrons. The molecule has 0 aliphatic carbocycles. The highest BCUT2D eigenvalue weighted by molar-refractivity contribution is 6.38. The van der Waals surface area contributed by atoms with Gasteiger partial charge in [-0.25, -0.2) is 0 Å². The second kappa shape index (κ2) is 9.77. The summed E-state index contributed by atoms with van der Waals surface area (Å²) in [6.07, 6.45) is -1.05. The van der Waals surface area contributed by atoms with Crippen LogP contribution in [-0.4, -0.2) is 61.2 Å². The Kier molecular flexibility index (Phi) is 7.34. The summed E-state index contributed by atoms with van der Waals surface area (Å²) >= 11 is 0. The molecule has 0 bridgehead atoms. The van der Waals surface area contributed by atoms with E-state index in [0.717, 1.165) is 37.6 Å². The molecule has 30 heavy (non-hydrogen) atoms. The smallest absolute Gasteiger partial charge is 0.338 e. The van der Waals surface area contributed by atoms with Crippen LogP contribution >= 0.6 is 0 Å². The van der Waals surface area contributed by atoms with Crippen molar-refractivity contribution >= 4 is 11.6 Å². The van der Waals surface area contributed by atoms with Gasteiger partial charge in [-0.05, 0) is 63.2 Å². The van der Waals surface area contributed by atoms with E-state index in [1.165, 1.54) is 6.07 Å². The van der Waals surface area contributed by atoms with Gasteiger partial charge < -0.3 is 9.80 Å². The van der Waals surface area contributed by atoms with Gasteiger partial charge in [0, 0.05) is 26.2 Å². The molecular weight excluding hydrogens is 391 g/mol. The second-order valence-electron chi connectivity index (χ2n) is 8.32. The third-order valence-electron chi connectivity index (χ3n) is 5.95. The summed E-state index contributed by atoms with van der Waals surface area (Å²) in [5.74, 6) is -0.249. The van der Waals surface area contributed by atoms with Gasteiger partial charge in [0.05, 0.1) is 11.3 Å². The third-order valence-corrected chi connectivity index (χ3v) is 5.95. The Bertz CT molecular complexity index is 795. The Hall–Kier alpha value is -2.15. The summed E-state index contributed by atoms with van der Waals surface area (Å²) in [5, 5.41) is 0. The van der Waals surface area contributed by atoms with Gasteiger partial charge in [-0.3, -0.25) is 9.79 Å². The fourth-order valence-electron chi connectivity index (χ4n) is 4.35. The van der Waals surface area contributed by atoms with E-state index in [2.05, 4.69) is 23.5 Å². The molecule has 1 aromatic rings. The van der Waals surface area contributed by atoms with Crippen LogP contribution in [0.25, 0.3) is 0 Å². The number of hydrogen-bond donors (Lipinski definition) is 0. The van der Waals surface area contributed by atoms with Crippen molar-refractivity contribution in [3.05, 3.63) is 47.5 Å². The molecule has 2 aliphatic rings. The first kappa shape index (κ1) is 22.5. The van der Waals surface area contributed by atoms with Gasteiger partial charge in [0.2, 0.25) is 0 Å². The van der Waals surface area contributed by atoms with Crippen LogP contribution in [0.1, 0.15) is 49.1 Å². The van der Waals surface area contributed by atoms with Crippen LogP contribution in [0.4, 0.5) is 13.2 Å². The maximum atomic E-state index is 13.4. The molecule has 3 rings (SSSR count). The van der Waals surface area contributed by atoms with Gasteiger partial charge in [-0.15, -0.1) is 0 Å². The number of carbonyl (C=O) groups is 1. The van der Waals surface area contributed by atoms with E-state index < -0.39 is 11.7 Å². The zero-order valence-electron chi connectivity index (χ0n) is 17.5. The van der Waals surface area contributed by atoms with E-state index in [0.29, 0.717) is 50.2 Å². The number of nitrogens with zero attached hydrogens (tertiary/aromatic N) is 3. The third kappa shape index (κ3) is 5.72. The van der Waals surface area contributed by atoms with Crippen molar-refractivity contribution in [2.75, 3.05) is 39.8 Å². The topological polar surface area (TPSA) is 35.9 Å². The summed E-state index contributed by atoms with van der Waals surface area (Å²) in [6.45, 7) is 7.28. The molecule has 2 heterocycles. The van der Waals surface area contributed by atoms with Crippen LogP contribution in [0.5, 0.6) is 0 Å². The van der Waals surface area contributed by atoms with Gasteiger partial charge in [-0.2, -0.15) is 13.2 Å². The number of halogens is 3. The SMILES string of the molecule is C=C1CCN=C(C(=O)N2CCC(c3ccccc3C(F)(F)F)CC2)CCCN(C)C1. The Morgan fingerprint density at radius 1 is 1.13 bits per heavy atom. The number of alkyl halides is 3. The van der Waals surface area contributed by atoms with Crippen molar-refractivity contribution in [3.63, 3.8) is 0 Å². The molecule has 1 fully saturated rings. The minimum Gasteiger partial charge on any atom is -0.338 e. The predicted molar refractivity (Wildman–Crippen MR) is 113 cm³/mol. The molecule has 1 aromatic carbocycles. The van der Waals surface area contributed by atoms with Gasteiger partial charge >= 0.3 is 6.18 Å². The van der Waals surface area contributed by atoms with Gasteiger partial charge in [0.1, 0.15) is 0 Å². The largest absolute Gasteiger partial charge is 0.416 e. The zero-order valence-corrected chi connectivity index (χ0v) is 17.5. The number of likely N-dealkylation sites (N-methyl/N-ethyl adjacent to an activating group) is 1. The van der Waals surface area contributed by atoms with Crippen molar-refractivity contribution in [3.8, 4) is 0 Å². The summed E-state index contributed by atoms with van der Waals surface area (Å²) < 4.78 is 40.1. The Morgan fingerprint density at radius 3 is 2.53 bits per heavy atom. The molecule has 1 saturated heterocycles. The van der Waals surface area contributed by atoms with E-state index in [-0.39, 0.29) is 11.8 Å². The van der Waals surface area contributed by atoms with Crippen LogP contribution in [0.15, 0.2) is 41.4 Å². The van der Waals surface area contributed by atoms with E-state index in [1.54, 1.807) is 17.0 Å². The van der Waals surface area contributed by atoms with Crippen molar-refractivity contribution in [2.45, 2.75) is 44.2 Å². The quantitative estimate of drug-likeness (QED) is 0.658. The predicted octanol–water partition coefficient (Wildman–Crippen LogP) is 4.52. The molecule has 1 amide bonds. The van der Waals surface area contributed by atoms with Crippen molar-refractivity contribution in [1.82, 2.24) is 9.80 Å². The monoisotopic (exact) mass is 421 g/mol. The second-order valence-corrected chi connectivity index (χ2v) is 8.32. The standard InChI is InChI=1S/C23H30F3N3O/c1-17-9-12-27-21(8-5-13-28(2)16-17)22(30)29-14-10-18(11-15-29)19-6-3-4-7-20(19)23(24,25)26/h3-4,6-7,18H,1,5,8-16H2,2H3. The number of likely N-dealkylation sites (tertiary alicyclic amines) is 1. The molecule has 0 unspecified atom stereocenters. The van der Waals surface area contributed by atoms with Crippen molar-refractivity contribution < 1.29 is 18.0 Å². The summed E-state index contributed by atoms with van der Waals surface area (Å²) in [6, 6.07) is 5.79. The molecule has 0 saturated carbocycles. The fraction of sp³-hybridized carbons (Fsp3) is 0.565. The van der Waals surface area contributed by atoms with Crippen LogP contribution in [0, 0.1) is 0 Å². The molecule has 7 heteroatoms. The first-order valence-electron chi connectivity index (χ1n) is 10.6. The molecular formula is C23H30F3N3O. The minimum absolute atomic E-state index is 0.0635. The Balaban J connectivity index is 1.64. The number of carbonyl (C=O) groups excluding carboxylic acids is 1. The van der Waals surface area contributed by atoms with Gasteiger partial charge in [0.25, 0.3) is 5.91 Å². The molecule has 164 valence electrons. The fourth-order valence-corrected chi connectivity index (χ4v) is 4.35. The number of amides is 1. The average Bonchev–Trinajstić information content (AvgIpc) is 2.71. The lowest BCUT2D eigenvalue weighted by Crippen LogP contribution is -2.42. The molecule has 4 nitrogen and oxygen atoms in total. The van der Waals surface area contributed by atoms with Crippen LogP contribution in [0.2, 0.25) is 0 Å². The lowest BCUT2D eigenvalue weighted by molar-refractivity contribution is -0.138. The van der Waals surface area contributed by atoms with Crippen molar-refractivity contribution in [2.24, 2.45) is 4.99 Å². The molecule has 0 atom stereocenters. The Labute approximate surface area is 176 Å². The number of aliphatic imine (C=N–C) groups is 1. The average molecular weight is 422 g/mol. The van der Waals surface area contributed by atoms with Crippen LogP contribution < -0.4 is 0 Å². The summed E-state index contributed by atoms with van der Waals surface area (Å²) in [7, 11) is 2.05. The highest BCUT2D eigenvalue weighted by atomic mass is 19.4. The lowest BCUT2D eigenvalue weighted by atomic mass is 9.86. The number of piperidine rings is 1. The summed E-state index contributed by atoms with van der Waals surface area (Å²) in [4.78, 5) is 21.6. The first-order chi connectivity index (χ1) is 14.3.